The van der Waals surface area contributed by atoms with Crippen molar-refractivity contribution >= 4 is 15.8 Å². The summed E-state index contributed by atoms with van der Waals surface area (Å²) in [6, 6.07) is 3.48. The van der Waals surface area contributed by atoms with Gasteiger partial charge in [-0.3, -0.25) is 4.55 Å². The largest absolute Gasteiger partial charge is 0.490 e. The third-order valence-corrected chi connectivity index (χ3v) is 2.25. The summed E-state index contributed by atoms with van der Waals surface area (Å²) in [5, 5.41) is 0. The Bertz CT molecular complexity index is 446. The Morgan fingerprint density at radius 2 is 2.13 bits per heavy atom. The Labute approximate surface area is 86.4 Å². The predicted molar refractivity (Wildman–Crippen MR) is 52.7 cm³/mol. The summed E-state index contributed by atoms with van der Waals surface area (Å²) in [6.07, 6.45) is 0. The number of rotatable bonds is 4. The van der Waals surface area contributed by atoms with Crippen molar-refractivity contribution in [1.82, 2.24) is 0 Å². The molecule has 0 aliphatic heterocycles. The molecule has 5 nitrogen and oxygen atoms in total. The first-order valence-corrected chi connectivity index (χ1v) is 5.62. The summed E-state index contributed by atoms with van der Waals surface area (Å²) in [5.41, 5.74) is 5.47. The molecule has 7 heteroatoms. The predicted octanol–water partition coefficient (Wildman–Crippen LogP) is 0.675. The van der Waals surface area contributed by atoms with E-state index in [1.54, 1.807) is 0 Å². The molecule has 1 aromatic carbocycles. The second-order valence-corrected chi connectivity index (χ2v) is 4.39. The van der Waals surface area contributed by atoms with Gasteiger partial charge in [0, 0.05) is 6.07 Å². The lowest BCUT2D eigenvalue weighted by Gasteiger charge is -2.07. The molecule has 0 heterocycles. The number of nitrogen functional groups attached to an aromatic ring is 1. The van der Waals surface area contributed by atoms with Gasteiger partial charge in [-0.1, -0.05) is 0 Å². The highest BCUT2D eigenvalue weighted by Gasteiger charge is 2.06. The van der Waals surface area contributed by atoms with Gasteiger partial charge in [-0.15, -0.1) is 0 Å². The SMILES string of the molecule is Nc1cc(F)ccc1OCCS(=O)(=O)O. The molecule has 0 aliphatic rings. The van der Waals surface area contributed by atoms with Crippen molar-refractivity contribution in [2.75, 3.05) is 18.1 Å². The van der Waals surface area contributed by atoms with Crippen molar-refractivity contribution in [1.29, 1.82) is 0 Å². The third kappa shape index (κ3) is 4.13. The van der Waals surface area contributed by atoms with E-state index >= 15 is 0 Å². The Kier molecular flexibility index (Phi) is 3.48. The standard InChI is InChI=1S/C8H10FNO4S/c9-6-1-2-8(7(10)5-6)14-3-4-15(11,12)13/h1-2,5H,3-4,10H2,(H,11,12,13). The normalized spacial score (nSPS) is 11.3. The van der Waals surface area contributed by atoms with E-state index in [1.165, 1.54) is 6.07 Å². The van der Waals surface area contributed by atoms with Gasteiger partial charge in [0.2, 0.25) is 0 Å². The molecule has 1 aromatic rings. The lowest BCUT2D eigenvalue weighted by Crippen LogP contribution is -2.13. The molecule has 0 amide bonds. The molecular weight excluding hydrogens is 225 g/mol. The van der Waals surface area contributed by atoms with Gasteiger partial charge in [0.25, 0.3) is 10.1 Å². The Hall–Kier alpha value is -1.34. The summed E-state index contributed by atoms with van der Waals surface area (Å²) in [4.78, 5) is 0. The van der Waals surface area contributed by atoms with Crippen LogP contribution in [0.2, 0.25) is 0 Å². The summed E-state index contributed by atoms with van der Waals surface area (Å²) in [5.74, 6) is -0.862. The topological polar surface area (TPSA) is 89.6 Å². The van der Waals surface area contributed by atoms with Crippen molar-refractivity contribution in [3.8, 4) is 5.75 Å². The quantitative estimate of drug-likeness (QED) is 0.591. The highest BCUT2D eigenvalue weighted by Crippen LogP contribution is 2.21. The molecule has 0 aromatic heterocycles. The summed E-state index contributed by atoms with van der Waals surface area (Å²) in [6.45, 7) is -0.241. The van der Waals surface area contributed by atoms with Crippen molar-refractivity contribution in [3.63, 3.8) is 0 Å². The Morgan fingerprint density at radius 1 is 1.47 bits per heavy atom. The second kappa shape index (κ2) is 4.45. The minimum Gasteiger partial charge on any atom is -0.490 e. The summed E-state index contributed by atoms with van der Waals surface area (Å²) < 4.78 is 46.6. The van der Waals surface area contributed by atoms with Crippen LogP contribution in [-0.4, -0.2) is 25.3 Å². The van der Waals surface area contributed by atoms with E-state index in [1.807, 2.05) is 0 Å². The van der Waals surface area contributed by atoms with Gasteiger partial charge in [-0.2, -0.15) is 8.42 Å². The maximum absolute atomic E-state index is 12.6. The molecular formula is C8H10FNO4S. The molecule has 0 fully saturated rings. The van der Waals surface area contributed by atoms with Crippen LogP contribution in [0.5, 0.6) is 5.75 Å². The van der Waals surface area contributed by atoms with Crippen molar-refractivity contribution in [3.05, 3.63) is 24.0 Å². The zero-order valence-electron chi connectivity index (χ0n) is 7.68. The fourth-order valence-electron chi connectivity index (χ4n) is 0.908. The molecule has 0 unspecified atom stereocenters. The zero-order chi connectivity index (χ0) is 11.5. The van der Waals surface area contributed by atoms with E-state index in [2.05, 4.69) is 0 Å². The van der Waals surface area contributed by atoms with Crippen LogP contribution in [0, 0.1) is 5.82 Å². The third-order valence-electron chi connectivity index (χ3n) is 1.57. The molecule has 0 radical (unpaired) electrons. The van der Waals surface area contributed by atoms with Crippen LogP contribution in [0.25, 0.3) is 0 Å². The lowest BCUT2D eigenvalue weighted by atomic mass is 10.3. The minimum atomic E-state index is -4.06. The fourth-order valence-corrected chi connectivity index (χ4v) is 1.20. The van der Waals surface area contributed by atoms with Crippen LogP contribution in [-0.2, 0) is 10.1 Å². The molecule has 0 bridgehead atoms. The van der Waals surface area contributed by atoms with E-state index in [-0.39, 0.29) is 18.0 Å². The van der Waals surface area contributed by atoms with Crippen LogP contribution in [0.1, 0.15) is 0 Å². The van der Waals surface area contributed by atoms with E-state index in [4.69, 9.17) is 15.0 Å². The maximum Gasteiger partial charge on any atom is 0.268 e. The Balaban J connectivity index is 2.59. The van der Waals surface area contributed by atoms with Gasteiger partial charge in [-0.25, -0.2) is 4.39 Å². The average molecular weight is 235 g/mol. The molecule has 84 valence electrons. The smallest absolute Gasteiger partial charge is 0.268 e. The molecule has 0 aliphatic carbocycles. The van der Waals surface area contributed by atoms with Crippen LogP contribution in [0.3, 0.4) is 0 Å². The molecule has 0 spiro atoms. The molecule has 15 heavy (non-hydrogen) atoms. The van der Waals surface area contributed by atoms with Crippen LogP contribution >= 0.6 is 0 Å². The Morgan fingerprint density at radius 3 is 2.67 bits per heavy atom. The highest BCUT2D eigenvalue weighted by molar-refractivity contribution is 7.85. The maximum atomic E-state index is 12.6. The van der Waals surface area contributed by atoms with Crippen molar-refractivity contribution in [2.24, 2.45) is 0 Å². The van der Waals surface area contributed by atoms with Gasteiger partial charge in [0.05, 0.1) is 5.69 Å². The number of hydrogen-bond acceptors (Lipinski definition) is 4. The fraction of sp³-hybridized carbons (Fsp3) is 0.250. The van der Waals surface area contributed by atoms with Gasteiger partial charge in [-0.05, 0) is 12.1 Å². The van der Waals surface area contributed by atoms with E-state index in [0.29, 0.717) is 0 Å². The lowest BCUT2D eigenvalue weighted by molar-refractivity contribution is 0.337. The highest BCUT2D eigenvalue weighted by atomic mass is 32.2. The number of anilines is 1. The number of halogens is 1. The number of ether oxygens (including phenoxy) is 1. The zero-order valence-corrected chi connectivity index (χ0v) is 8.50. The minimum absolute atomic E-state index is 0.0744. The van der Waals surface area contributed by atoms with Gasteiger partial charge >= 0.3 is 0 Å². The molecule has 0 saturated carbocycles. The van der Waals surface area contributed by atoms with Crippen molar-refractivity contribution in [2.45, 2.75) is 0 Å². The van der Waals surface area contributed by atoms with Crippen LogP contribution in [0.4, 0.5) is 10.1 Å². The first-order valence-electron chi connectivity index (χ1n) is 4.01. The van der Waals surface area contributed by atoms with Gasteiger partial charge in [0.1, 0.15) is 23.9 Å². The average Bonchev–Trinajstić information content (AvgIpc) is 2.07. The van der Waals surface area contributed by atoms with Crippen LogP contribution < -0.4 is 10.5 Å². The first-order chi connectivity index (χ1) is 6.88. The van der Waals surface area contributed by atoms with Gasteiger partial charge in [0.15, 0.2) is 0 Å². The molecule has 0 atom stereocenters. The van der Waals surface area contributed by atoms with E-state index < -0.39 is 21.7 Å². The van der Waals surface area contributed by atoms with Crippen LogP contribution in [0.15, 0.2) is 18.2 Å². The summed E-state index contributed by atoms with van der Waals surface area (Å²) >= 11 is 0. The monoisotopic (exact) mass is 235 g/mol. The second-order valence-electron chi connectivity index (χ2n) is 2.82. The molecule has 0 saturated heterocycles. The molecule has 1 rings (SSSR count). The number of benzene rings is 1. The molecule has 3 N–H and O–H groups in total. The van der Waals surface area contributed by atoms with Gasteiger partial charge < -0.3 is 10.5 Å². The van der Waals surface area contributed by atoms with E-state index in [0.717, 1.165) is 12.1 Å². The number of nitrogens with two attached hydrogens (primary N) is 1. The number of hydrogen-bond donors (Lipinski definition) is 2. The van der Waals surface area contributed by atoms with Crippen molar-refractivity contribution < 1.29 is 22.1 Å². The summed E-state index contributed by atoms with van der Waals surface area (Å²) in [7, 11) is -4.06. The first kappa shape index (κ1) is 11.7. The van der Waals surface area contributed by atoms with E-state index in [9.17, 15) is 12.8 Å².